The minimum Gasteiger partial charge on any atom is -0.333 e. The van der Waals surface area contributed by atoms with Gasteiger partial charge in [0.15, 0.2) is 0 Å². The third kappa shape index (κ3) is 3.17. The molecule has 1 amide bonds. The number of nitrogens with zero attached hydrogens (tertiary/aromatic N) is 2. The summed E-state index contributed by atoms with van der Waals surface area (Å²) < 4.78 is 0. The monoisotopic (exact) mass is 260 g/mol. The first-order valence-electron chi connectivity index (χ1n) is 6.02. The van der Waals surface area contributed by atoms with Gasteiger partial charge in [0.1, 0.15) is 5.69 Å². The maximum Gasteiger partial charge on any atom is 0.273 e. The fraction of sp³-hybridized carbons (Fsp3) is 0.286. The quantitative estimate of drug-likeness (QED) is 0.827. The summed E-state index contributed by atoms with van der Waals surface area (Å²) in [5.74, 6) is 0.0157. The van der Waals surface area contributed by atoms with Gasteiger partial charge in [-0.25, -0.2) is 4.98 Å². The summed E-state index contributed by atoms with van der Waals surface area (Å²) in [4.78, 5) is 18.2. The molecule has 0 bridgehead atoms. The molecule has 0 spiro atoms. The summed E-state index contributed by atoms with van der Waals surface area (Å²) in [6, 6.07) is 10.0. The molecule has 0 atom stereocenters. The lowest BCUT2D eigenvalue weighted by molar-refractivity contribution is 0.0738. The maximum absolute atomic E-state index is 12.3. The summed E-state index contributed by atoms with van der Waals surface area (Å²) in [5.41, 5.74) is 3.39. The van der Waals surface area contributed by atoms with E-state index >= 15 is 0 Å². The molecule has 0 N–H and O–H groups in total. The van der Waals surface area contributed by atoms with E-state index < -0.39 is 0 Å². The Hall–Kier alpha value is -1.68. The smallest absolute Gasteiger partial charge is 0.273 e. The molecule has 0 saturated carbocycles. The minimum absolute atomic E-state index is 0.0157. The van der Waals surface area contributed by atoms with E-state index in [4.69, 9.17) is 0 Å². The SMILES string of the molecule is CCCN(Cc1ccccc1)C(=O)c1cscn1. The van der Waals surface area contributed by atoms with Crippen LogP contribution in [0.3, 0.4) is 0 Å². The molecule has 18 heavy (non-hydrogen) atoms. The van der Waals surface area contributed by atoms with Crippen LogP contribution in [-0.4, -0.2) is 22.3 Å². The van der Waals surface area contributed by atoms with Crippen molar-refractivity contribution in [1.82, 2.24) is 9.88 Å². The molecule has 1 heterocycles. The second kappa shape index (κ2) is 6.31. The van der Waals surface area contributed by atoms with Crippen LogP contribution < -0.4 is 0 Å². The molecule has 0 aliphatic carbocycles. The molecule has 2 aromatic rings. The average molecular weight is 260 g/mol. The van der Waals surface area contributed by atoms with Crippen LogP contribution in [0.5, 0.6) is 0 Å². The highest BCUT2D eigenvalue weighted by atomic mass is 32.1. The highest BCUT2D eigenvalue weighted by Crippen LogP contribution is 2.11. The molecule has 1 aromatic carbocycles. The number of carbonyl (C=O) groups excluding carboxylic acids is 1. The molecule has 1 aromatic heterocycles. The molecule has 0 unspecified atom stereocenters. The van der Waals surface area contributed by atoms with E-state index in [0.29, 0.717) is 12.2 Å². The van der Waals surface area contributed by atoms with Crippen molar-refractivity contribution in [3.05, 3.63) is 52.5 Å². The third-order valence-electron chi connectivity index (χ3n) is 2.65. The van der Waals surface area contributed by atoms with Crippen LogP contribution in [0, 0.1) is 0 Å². The highest BCUT2D eigenvalue weighted by Gasteiger charge is 2.16. The Morgan fingerprint density at radius 1 is 1.33 bits per heavy atom. The van der Waals surface area contributed by atoms with Crippen LogP contribution >= 0.6 is 11.3 Å². The van der Waals surface area contributed by atoms with E-state index in [-0.39, 0.29) is 5.91 Å². The first-order chi connectivity index (χ1) is 8.81. The Morgan fingerprint density at radius 3 is 2.72 bits per heavy atom. The molecule has 0 saturated heterocycles. The van der Waals surface area contributed by atoms with E-state index in [0.717, 1.165) is 18.5 Å². The number of thiazole rings is 1. The summed E-state index contributed by atoms with van der Waals surface area (Å²) in [5, 5.41) is 1.80. The van der Waals surface area contributed by atoms with Gasteiger partial charge in [-0.3, -0.25) is 4.79 Å². The number of rotatable bonds is 5. The van der Waals surface area contributed by atoms with Crippen molar-refractivity contribution in [2.24, 2.45) is 0 Å². The van der Waals surface area contributed by atoms with E-state index in [1.165, 1.54) is 11.3 Å². The standard InChI is InChI=1S/C14H16N2OS/c1-2-8-16(9-12-6-4-3-5-7-12)14(17)13-10-18-11-15-13/h3-7,10-11H,2,8-9H2,1H3. The van der Waals surface area contributed by atoms with Gasteiger partial charge in [-0.05, 0) is 12.0 Å². The van der Waals surface area contributed by atoms with Gasteiger partial charge in [0.25, 0.3) is 5.91 Å². The Morgan fingerprint density at radius 2 is 2.11 bits per heavy atom. The predicted molar refractivity (Wildman–Crippen MR) is 73.6 cm³/mol. The van der Waals surface area contributed by atoms with Gasteiger partial charge < -0.3 is 4.90 Å². The van der Waals surface area contributed by atoms with Crippen LogP contribution in [0.4, 0.5) is 0 Å². The van der Waals surface area contributed by atoms with Crippen molar-refractivity contribution in [3.63, 3.8) is 0 Å². The zero-order valence-corrected chi connectivity index (χ0v) is 11.2. The Kier molecular flexibility index (Phi) is 4.47. The van der Waals surface area contributed by atoms with Crippen molar-refractivity contribution >= 4 is 17.2 Å². The Balaban J connectivity index is 2.11. The average Bonchev–Trinajstić information content (AvgIpc) is 2.92. The molecule has 2 rings (SSSR count). The van der Waals surface area contributed by atoms with Crippen molar-refractivity contribution in [2.45, 2.75) is 19.9 Å². The maximum atomic E-state index is 12.3. The van der Waals surface area contributed by atoms with Gasteiger partial charge in [-0.1, -0.05) is 37.3 Å². The highest BCUT2D eigenvalue weighted by molar-refractivity contribution is 7.07. The minimum atomic E-state index is 0.0157. The topological polar surface area (TPSA) is 33.2 Å². The molecular formula is C14H16N2OS. The first kappa shape index (κ1) is 12.8. The van der Waals surface area contributed by atoms with Crippen LogP contribution in [0.1, 0.15) is 29.4 Å². The van der Waals surface area contributed by atoms with Crippen LogP contribution in [0.25, 0.3) is 0 Å². The fourth-order valence-electron chi connectivity index (χ4n) is 1.81. The van der Waals surface area contributed by atoms with Gasteiger partial charge in [-0.15, -0.1) is 11.3 Å². The molecule has 0 aliphatic heterocycles. The summed E-state index contributed by atoms with van der Waals surface area (Å²) in [6.07, 6.45) is 0.947. The normalized spacial score (nSPS) is 10.3. The van der Waals surface area contributed by atoms with E-state index in [1.807, 2.05) is 35.2 Å². The lowest BCUT2D eigenvalue weighted by Crippen LogP contribution is -2.31. The largest absolute Gasteiger partial charge is 0.333 e. The lowest BCUT2D eigenvalue weighted by atomic mass is 10.2. The molecule has 94 valence electrons. The summed E-state index contributed by atoms with van der Waals surface area (Å²) in [6.45, 7) is 3.47. The first-order valence-corrected chi connectivity index (χ1v) is 6.97. The zero-order valence-electron chi connectivity index (χ0n) is 10.4. The van der Waals surface area contributed by atoms with Crippen molar-refractivity contribution in [1.29, 1.82) is 0 Å². The van der Waals surface area contributed by atoms with Gasteiger partial charge in [-0.2, -0.15) is 0 Å². The number of benzene rings is 1. The Bertz CT molecular complexity index is 482. The van der Waals surface area contributed by atoms with Crippen molar-refractivity contribution in [2.75, 3.05) is 6.54 Å². The number of amides is 1. The number of hydrogen-bond acceptors (Lipinski definition) is 3. The molecule has 0 radical (unpaired) electrons. The second-order valence-electron chi connectivity index (χ2n) is 4.09. The van der Waals surface area contributed by atoms with E-state index in [1.54, 1.807) is 10.9 Å². The summed E-state index contributed by atoms with van der Waals surface area (Å²) in [7, 11) is 0. The Labute approximate surface area is 111 Å². The predicted octanol–water partition coefficient (Wildman–Crippen LogP) is 3.20. The van der Waals surface area contributed by atoms with Gasteiger partial charge >= 0.3 is 0 Å². The lowest BCUT2D eigenvalue weighted by Gasteiger charge is -2.21. The second-order valence-corrected chi connectivity index (χ2v) is 4.80. The molecule has 0 fully saturated rings. The number of hydrogen-bond donors (Lipinski definition) is 0. The zero-order chi connectivity index (χ0) is 12.8. The fourth-order valence-corrected chi connectivity index (χ4v) is 2.33. The van der Waals surface area contributed by atoms with Gasteiger partial charge in [0.2, 0.25) is 0 Å². The van der Waals surface area contributed by atoms with Gasteiger partial charge in [0, 0.05) is 18.5 Å². The van der Waals surface area contributed by atoms with Crippen LogP contribution in [0.2, 0.25) is 0 Å². The molecular weight excluding hydrogens is 244 g/mol. The van der Waals surface area contributed by atoms with E-state index in [9.17, 15) is 4.79 Å². The molecule has 0 aliphatic rings. The molecule has 4 heteroatoms. The number of aromatic nitrogens is 1. The summed E-state index contributed by atoms with van der Waals surface area (Å²) >= 11 is 1.45. The third-order valence-corrected chi connectivity index (χ3v) is 3.23. The van der Waals surface area contributed by atoms with Crippen molar-refractivity contribution in [3.8, 4) is 0 Å². The van der Waals surface area contributed by atoms with Crippen LogP contribution in [-0.2, 0) is 6.54 Å². The van der Waals surface area contributed by atoms with E-state index in [2.05, 4.69) is 11.9 Å². The van der Waals surface area contributed by atoms with Gasteiger partial charge in [0.05, 0.1) is 5.51 Å². The number of carbonyl (C=O) groups is 1. The van der Waals surface area contributed by atoms with Crippen molar-refractivity contribution < 1.29 is 4.79 Å². The molecule has 3 nitrogen and oxygen atoms in total. The van der Waals surface area contributed by atoms with Crippen LogP contribution in [0.15, 0.2) is 41.2 Å².